The Bertz CT molecular complexity index is 2160. The van der Waals surface area contributed by atoms with Crippen molar-refractivity contribution in [3.8, 4) is 5.75 Å². The van der Waals surface area contributed by atoms with Gasteiger partial charge in [-0.3, -0.25) is 4.52 Å². The summed E-state index contributed by atoms with van der Waals surface area (Å²) in [7, 11) is -10.1. The fraction of sp³-hybridized carbons (Fsp3) is 0.695. The quantitative estimate of drug-likeness (QED) is 0.115. The molecule has 0 radical (unpaired) electrons. The average molecular weight is 998 g/mol. The van der Waals surface area contributed by atoms with E-state index in [2.05, 4.69) is 203 Å². The van der Waals surface area contributed by atoms with E-state index in [1.807, 2.05) is 6.92 Å². The van der Waals surface area contributed by atoms with Crippen LogP contribution in [-0.2, 0) is 55.8 Å². The minimum Gasteiger partial charge on any atom is -0.401 e. The highest BCUT2D eigenvalue weighted by molar-refractivity contribution is 7.65. The molecule has 392 valence electrons. The van der Waals surface area contributed by atoms with Crippen molar-refractivity contribution in [1.82, 2.24) is 0 Å². The van der Waals surface area contributed by atoms with Gasteiger partial charge in [-0.15, -0.1) is 0 Å². The standard InChI is InChI=1S/C59H99O8P2/c1-26-28-29-59(27-2,37-60)38-65-69(63,66-51-47(57(20,21)22)34-43(54(11,12)13)35-48(51)58(23,24)25)67-68(61,62)64-36-44(49-39(3)30-41(52(5,6)7)32-45(49)55(14,15)16)50-40(4)31-42(53(8,9)10)33-46(50)56(17,18)19/h30-35,44,60-62H,26-29,36-38H2,1-25H3/q+1. The summed E-state index contributed by atoms with van der Waals surface area (Å²) in [5.41, 5.74) is 8.60. The van der Waals surface area contributed by atoms with E-state index >= 15 is 4.57 Å². The lowest BCUT2D eigenvalue weighted by Gasteiger charge is -2.36. The normalized spacial score (nSPS) is 15.7. The first kappa shape index (κ1) is 61.2. The molecule has 0 amide bonds. The van der Waals surface area contributed by atoms with E-state index < -0.39 is 38.2 Å². The monoisotopic (exact) mass is 998 g/mol. The van der Waals surface area contributed by atoms with Crippen molar-refractivity contribution < 1.29 is 37.3 Å². The van der Waals surface area contributed by atoms with Crippen LogP contribution in [-0.4, -0.2) is 34.7 Å². The van der Waals surface area contributed by atoms with Gasteiger partial charge < -0.3 is 9.63 Å². The SMILES string of the molecule is CCCCC(CC)(CO)COP(=O)(Oc1c(C(C)(C)C)cc(C(C)(C)C)cc1C(C)(C)C)O[P+](O)(O)OCC(c1c(C)cc(C(C)(C)C)cc1C(C)(C)C)c1c(C)cc(C(C)(C)C)cc1C(C)(C)C. The lowest BCUT2D eigenvalue weighted by molar-refractivity contribution is 0.0369. The molecule has 3 N–H and O–H groups in total. The van der Waals surface area contributed by atoms with Gasteiger partial charge in [-0.25, -0.2) is 4.57 Å². The van der Waals surface area contributed by atoms with Gasteiger partial charge in [0.1, 0.15) is 12.4 Å². The van der Waals surface area contributed by atoms with Gasteiger partial charge in [-0.05, 0) is 119 Å². The second-order valence-electron chi connectivity index (χ2n) is 27.5. The zero-order valence-corrected chi connectivity index (χ0v) is 50.1. The summed E-state index contributed by atoms with van der Waals surface area (Å²) < 4.78 is 41.3. The van der Waals surface area contributed by atoms with Crippen LogP contribution in [0.4, 0.5) is 0 Å². The van der Waals surface area contributed by atoms with Gasteiger partial charge in [0.05, 0.1) is 13.2 Å². The average Bonchev–Trinajstić information content (AvgIpc) is 3.15. The second kappa shape index (κ2) is 21.4. The zero-order valence-electron chi connectivity index (χ0n) is 48.3. The van der Waals surface area contributed by atoms with Crippen LogP contribution in [0.5, 0.6) is 5.75 Å². The Morgan fingerprint density at radius 1 is 0.565 bits per heavy atom. The van der Waals surface area contributed by atoms with Gasteiger partial charge in [0, 0.05) is 22.5 Å². The van der Waals surface area contributed by atoms with E-state index in [-0.39, 0.29) is 46.9 Å². The number of rotatable bonds is 17. The highest BCUT2D eigenvalue weighted by Crippen LogP contribution is 2.69. The van der Waals surface area contributed by atoms with Gasteiger partial charge in [-0.1, -0.05) is 208 Å². The maximum absolute atomic E-state index is 15.8. The maximum Gasteiger partial charge on any atom is 0.581 e. The lowest BCUT2D eigenvalue weighted by Crippen LogP contribution is -2.31. The zero-order chi connectivity index (χ0) is 53.5. The summed E-state index contributed by atoms with van der Waals surface area (Å²) in [5, 5.41) is 10.9. The van der Waals surface area contributed by atoms with Crippen LogP contribution in [0, 0.1) is 19.3 Å². The number of phosphoric acid groups is 1. The molecule has 0 aliphatic heterocycles. The van der Waals surface area contributed by atoms with Gasteiger partial charge >= 0.3 is 16.0 Å². The largest absolute Gasteiger partial charge is 0.581 e. The summed E-state index contributed by atoms with van der Waals surface area (Å²) in [6.45, 7) is 53.2. The Kier molecular flexibility index (Phi) is 19.0. The van der Waals surface area contributed by atoms with E-state index in [0.717, 1.165) is 62.9 Å². The molecule has 10 heteroatoms. The molecule has 3 rings (SSSR count). The lowest BCUT2D eigenvalue weighted by atomic mass is 9.69. The molecule has 3 aromatic rings. The smallest absolute Gasteiger partial charge is 0.401 e. The molecule has 0 aliphatic rings. The molecule has 69 heavy (non-hydrogen) atoms. The van der Waals surface area contributed by atoms with Crippen molar-refractivity contribution in [1.29, 1.82) is 0 Å². The Morgan fingerprint density at radius 2 is 0.928 bits per heavy atom. The molecule has 2 unspecified atom stereocenters. The molecule has 0 saturated heterocycles. The number of aryl methyl sites for hydroxylation is 2. The first-order valence-electron chi connectivity index (χ1n) is 25.6. The molecule has 2 atom stereocenters. The number of aliphatic hydroxyl groups excluding tert-OH is 1. The number of aliphatic hydroxyl groups is 1. The molecule has 0 aliphatic carbocycles. The van der Waals surface area contributed by atoms with E-state index in [1.165, 1.54) is 11.1 Å². The van der Waals surface area contributed by atoms with Crippen molar-refractivity contribution in [3.63, 3.8) is 0 Å². The molecule has 0 fully saturated rings. The van der Waals surface area contributed by atoms with Crippen LogP contribution in [0.15, 0.2) is 36.4 Å². The van der Waals surface area contributed by atoms with Crippen LogP contribution in [0.2, 0.25) is 0 Å². The minimum absolute atomic E-state index is 0.128. The van der Waals surface area contributed by atoms with Crippen molar-refractivity contribution in [2.75, 3.05) is 19.8 Å². The highest BCUT2D eigenvalue weighted by Gasteiger charge is 2.54. The third-order valence-electron chi connectivity index (χ3n) is 13.9. The van der Waals surface area contributed by atoms with Crippen molar-refractivity contribution in [2.24, 2.45) is 5.41 Å². The first-order chi connectivity index (χ1) is 30.9. The molecular weight excluding hydrogens is 899 g/mol. The number of hydrogen-bond acceptors (Lipinski definition) is 8. The van der Waals surface area contributed by atoms with Gasteiger partial charge in [-0.2, -0.15) is 14.3 Å². The van der Waals surface area contributed by atoms with Crippen molar-refractivity contribution >= 4 is 16.0 Å². The van der Waals surface area contributed by atoms with E-state index in [1.54, 1.807) is 0 Å². The van der Waals surface area contributed by atoms with Gasteiger partial charge in [0.2, 0.25) is 0 Å². The molecule has 0 spiro atoms. The Hall–Kier alpha value is -2.12. The van der Waals surface area contributed by atoms with Crippen LogP contribution < -0.4 is 4.52 Å². The fourth-order valence-electron chi connectivity index (χ4n) is 9.07. The van der Waals surface area contributed by atoms with Gasteiger partial charge in [0.15, 0.2) is 0 Å². The molecular formula is C59H99O8P2+. The van der Waals surface area contributed by atoms with Crippen LogP contribution in [0.25, 0.3) is 0 Å². The molecule has 3 aromatic carbocycles. The summed E-state index contributed by atoms with van der Waals surface area (Å²) >= 11 is 0. The van der Waals surface area contributed by atoms with Crippen LogP contribution in [0.3, 0.4) is 0 Å². The minimum atomic E-state index is -5.05. The first-order valence-corrected chi connectivity index (χ1v) is 28.6. The number of phosphoric ester groups is 1. The van der Waals surface area contributed by atoms with E-state index in [0.29, 0.717) is 18.6 Å². The maximum atomic E-state index is 15.8. The molecule has 8 nitrogen and oxygen atoms in total. The van der Waals surface area contributed by atoms with Crippen LogP contribution in [0.1, 0.15) is 252 Å². The summed E-state index contributed by atoms with van der Waals surface area (Å²) in [5.74, 6) is -0.210. The fourth-order valence-corrected chi connectivity index (χ4v) is 11.9. The predicted octanol–water partition coefficient (Wildman–Crippen LogP) is 17.0. The Morgan fingerprint density at radius 3 is 1.25 bits per heavy atom. The third-order valence-corrected chi connectivity index (χ3v) is 16.9. The Balaban J connectivity index is 2.45. The van der Waals surface area contributed by atoms with Crippen molar-refractivity contribution in [3.05, 3.63) is 97.6 Å². The number of unbranched alkanes of at least 4 members (excludes halogenated alkanes) is 1. The molecule has 0 aromatic heterocycles. The second-order valence-corrected chi connectivity index (χ2v) is 30.7. The molecule has 0 heterocycles. The predicted molar refractivity (Wildman–Crippen MR) is 293 cm³/mol. The number of hydrogen-bond donors (Lipinski definition) is 3. The Labute approximate surface area is 422 Å². The summed E-state index contributed by atoms with van der Waals surface area (Å²) in [6, 6.07) is 13.3. The van der Waals surface area contributed by atoms with Crippen molar-refractivity contribution in [2.45, 2.75) is 243 Å². The summed E-state index contributed by atoms with van der Waals surface area (Å²) in [4.78, 5) is 24.6. The molecule has 0 bridgehead atoms. The molecule has 0 saturated carbocycles. The topological polar surface area (TPSA) is 115 Å². The van der Waals surface area contributed by atoms with Gasteiger partial charge in [0.25, 0.3) is 0 Å². The summed E-state index contributed by atoms with van der Waals surface area (Å²) in [6.07, 6.45) is 2.81. The number of benzene rings is 3. The highest BCUT2D eigenvalue weighted by atomic mass is 31.3. The third kappa shape index (κ3) is 15.7. The van der Waals surface area contributed by atoms with E-state index in [9.17, 15) is 14.9 Å². The van der Waals surface area contributed by atoms with Crippen LogP contribution >= 0.6 is 16.0 Å². The van der Waals surface area contributed by atoms with E-state index in [4.69, 9.17) is 17.9 Å².